The van der Waals surface area contributed by atoms with E-state index in [1.807, 2.05) is 16.8 Å². The number of aromatic nitrogens is 1. The van der Waals surface area contributed by atoms with Gasteiger partial charge in [-0.25, -0.2) is 4.98 Å². The zero-order chi connectivity index (χ0) is 11.9. The third kappa shape index (κ3) is 2.22. The summed E-state index contributed by atoms with van der Waals surface area (Å²) in [4.78, 5) is 8.78. The number of fused-ring (bicyclic) bond motifs is 2. The third-order valence-corrected chi connectivity index (χ3v) is 5.44. The van der Waals surface area contributed by atoms with Gasteiger partial charge in [0.05, 0.1) is 11.2 Å². The predicted molar refractivity (Wildman–Crippen MR) is 73.9 cm³/mol. The highest BCUT2D eigenvalue weighted by Crippen LogP contribution is 2.42. The van der Waals surface area contributed by atoms with Crippen LogP contribution in [-0.4, -0.2) is 35.1 Å². The van der Waals surface area contributed by atoms with E-state index in [1.165, 1.54) is 55.8 Å². The van der Waals surface area contributed by atoms with Crippen molar-refractivity contribution in [1.29, 1.82) is 0 Å². The Bertz CT molecular complexity index is 426. The number of hydrogen-bond acceptors (Lipinski definition) is 4. The summed E-state index contributed by atoms with van der Waals surface area (Å²) in [5.41, 5.74) is 3.47. The van der Waals surface area contributed by atoms with Crippen LogP contribution < -0.4 is 5.32 Å². The van der Waals surface area contributed by atoms with E-state index in [0.717, 1.165) is 24.5 Å². The first-order valence-corrected chi connectivity index (χ1v) is 8.17. The molecule has 1 saturated carbocycles. The van der Waals surface area contributed by atoms with Gasteiger partial charge in [0.1, 0.15) is 0 Å². The minimum Gasteiger partial charge on any atom is -0.310 e. The molecule has 0 spiro atoms. The van der Waals surface area contributed by atoms with Crippen LogP contribution in [0, 0.1) is 0 Å². The predicted octanol–water partition coefficient (Wildman–Crippen LogP) is 2.35. The van der Waals surface area contributed by atoms with Gasteiger partial charge in [-0.2, -0.15) is 0 Å². The molecule has 1 N–H and O–H groups in total. The Morgan fingerprint density at radius 1 is 1.22 bits per heavy atom. The first-order valence-electron chi connectivity index (χ1n) is 7.29. The summed E-state index contributed by atoms with van der Waals surface area (Å²) in [6, 6.07) is 1.54. The van der Waals surface area contributed by atoms with Crippen molar-refractivity contribution in [2.45, 2.75) is 56.7 Å². The van der Waals surface area contributed by atoms with E-state index in [9.17, 15) is 0 Å². The van der Waals surface area contributed by atoms with Gasteiger partial charge in [0.2, 0.25) is 0 Å². The molecule has 1 aromatic heterocycles. The van der Waals surface area contributed by atoms with E-state index in [0.29, 0.717) is 0 Å². The van der Waals surface area contributed by atoms with E-state index in [-0.39, 0.29) is 0 Å². The molecule has 98 valence electrons. The maximum atomic E-state index is 4.59. The Labute approximate surface area is 113 Å². The van der Waals surface area contributed by atoms with Crippen LogP contribution in [0.3, 0.4) is 0 Å². The molecule has 0 radical (unpaired) electrons. The fourth-order valence-electron chi connectivity index (χ4n) is 3.45. The third-order valence-electron chi connectivity index (χ3n) is 4.61. The molecule has 0 aromatic carbocycles. The molecule has 2 aliphatic heterocycles. The largest absolute Gasteiger partial charge is 0.310 e. The number of nitrogens with one attached hydrogen (secondary N) is 1. The minimum atomic E-state index is 0.745. The van der Waals surface area contributed by atoms with Gasteiger partial charge in [0.15, 0.2) is 0 Å². The van der Waals surface area contributed by atoms with Crippen molar-refractivity contribution in [2.24, 2.45) is 0 Å². The molecule has 3 nitrogen and oxygen atoms in total. The second kappa shape index (κ2) is 4.58. The lowest BCUT2D eigenvalue weighted by Gasteiger charge is -2.23. The van der Waals surface area contributed by atoms with Crippen molar-refractivity contribution >= 4 is 11.3 Å². The molecular weight excluding hydrogens is 242 g/mol. The molecule has 4 rings (SSSR count). The normalized spacial score (nSPS) is 32.7. The topological polar surface area (TPSA) is 28.2 Å². The Balaban J connectivity index is 1.45. The molecule has 18 heavy (non-hydrogen) atoms. The fourth-order valence-corrected chi connectivity index (χ4v) is 4.34. The number of hydrogen-bond donors (Lipinski definition) is 1. The summed E-state index contributed by atoms with van der Waals surface area (Å²) in [6.07, 6.45) is 6.83. The molecule has 2 bridgehead atoms. The molecule has 2 saturated heterocycles. The zero-order valence-electron chi connectivity index (χ0n) is 10.8. The van der Waals surface area contributed by atoms with E-state index >= 15 is 0 Å². The molecule has 3 fully saturated rings. The van der Waals surface area contributed by atoms with Crippen molar-refractivity contribution in [3.05, 3.63) is 16.1 Å². The van der Waals surface area contributed by atoms with E-state index in [1.54, 1.807) is 0 Å². The van der Waals surface area contributed by atoms with Crippen molar-refractivity contribution < 1.29 is 0 Å². The van der Waals surface area contributed by atoms with Gasteiger partial charge >= 0.3 is 0 Å². The molecule has 3 heterocycles. The molecule has 1 aliphatic carbocycles. The van der Waals surface area contributed by atoms with Crippen LogP contribution in [0.25, 0.3) is 0 Å². The minimum absolute atomic E-state index is 0.745. The second-order valence-electron chi connectivity index (χ2n) is 6.10. The van der Waals surface area contributed by atoms with Crippen LogP contribution in [-0.2, 0) is 6.54 Å². The quantitative estimate of drug-likeness (QED) is 0.907. The van der Waals surface area contributed by atoms with Gasteiger partial charge in [-0.3, -0.25) is 4.90 Å². The first-order chi connectivity index (χ1) is 8.88. The van der Waals surface area contributed by atoms with Crippen LogP contribution in [0.2, 0.25) is 0 Å². The van der Waals surface area contributed by atoms with Gasteiger partial charge in [-0.05, 0) is 32.1 Å². The lowest BCUT2D eigenvalue weighted by atomic mass is 10.1. The standard InChI is InChI=1S/C14H21N3S/c1-2-10(1)14-13(18-9-15-14)8-17-6-5-11-3-4-12(7-17)16-11/h9-12,16H,1-8H2. The second-order valence-corrected chi connectivity index (χ2v) is 7.04. The molecule has 0 amide bonds. The fraction of sp³-hybridized carbons (Fsp3) is 0.786. The Hall–Kier alpha value is -0.450. The molecule has 4 heteroatoms. The van der Waals surface area contributed by atoms with Crippen molar-refractivity contribution in [3.63, 3.8) is 0 Å². The maximum Gasteiger partial charge on any atom is 0.0798 e. The van der Waals surface area contributed by atoms with Gasteiger partial charge in [-0.1, -0.05) is 0 Å². The Morgan fingerprint density at radius 3 is 3.00 bits per heavy atom. The first kappa shape index (κ1) is 11.4. The number of likely N-dealkylation sites (tertiary alicyclic amines) is 1. The van der Waals surface area contributed by atoms with Crippen LogP contribution in [0.4, 0.5) is 0 Å². The molecule has 2 atom stereocenters. The lowest BCUT2D eigenvalue weighted by molar-refractivity contribution is 0.252. The highest BCUT2D eigenvalue weighted by molar-refractivity contribution is 7.09. The van der Waals surface area contributed by atoms with Crippen molar-refractivity contribution in [2.75, 3.05) is 13.1 Å². The van der Waals surface area contributed by atoms with Gasteiger partial charge in [0.25, 0.3) is 0 Å². The smallest absolute Gasteiger partial charge is 0.0798 e. The summed E-state index contributed by atoms with van der Waals surface area (Å²) >= 11 is 1.87. The Morgan fingerprint density at radius 2 is 2.11 bits per heavy atom. The molecule has 1 aromatic rings. The monoisotopic (exact) mass is 263 g/mol. The summed E-state index contributed by atoms with van der Waals surface area (Å²) in [5.74, 6) is 0.799. The number of thiazole rings is 1. The molecule has 2 unspecified atom stereocenters. The lowest BCUT2D eigenvalue weighted by Crippen LogP contribution is -2.34. The maximum absolute atomic E-state index is 4.59. The van der Waals surface area contributed by atoms with E-state index < -0.39 is 0 Å². The average Bonchev–Trinajstić information content (AvgIpc) is 2.99. The molecule has 3 aliphatic rings. The summed E-state index contributed by atoms with van der Waals surface area (Å²) in [6.45, 7) is 3.64. The van der Waals surface area contributed by atoms with Crippen molar-refractivity contribution in [1.82, 2.24) is 15.2 Å². The zero-order valence-corrected chi connectivity index (χ0v) is 11.6. The SMILES string of the molecule is c1nc(C2CC2)c(CN2CCC3CCC(C2)N3)s1. The van der Waals surface area contributed by atoms with Crippen molar-refractivity contribution in [3.8, 4) is 0 Å². The van der Waals surface area contributed by atoms with Crippen LogP contribution in [0.15, 0.2) is 5.51 Å². The number of nitrogens with zero attached hydrogens (tertiary/aromatic N) is 2. The van der Waals surface area contributed by atoms with Crippen LogP contribution >= 0.6 is 11.3 Å². The summed E-state index contributed by atoms with van der Waals surface area (Å²) in [5, 5.41) is 3.76. The summed E-state index contributed by atoms with van der Waals surface area (Å²) in [7, 11) is 0. The van der Waals surface area contributed by atoms with Crippen LogP contribution in [0.5, 0.6) is 0 Å². The van der Waals surface area contributed by atoms with Gasteiger partial charge < -0.3 is 5.32 Å². The van der Waals surface area contributed by atoms with Crippen LogP contribution in [0.1, 0.15) is 48.6 Å². The highest BCUT2D eigenvalue weighted by atomic mass is 32.1. The van der Waals surface area contributed by atoms with E-state index in [2.05, 4.69) is 15.2 Å². The van der Waals surface area contributed by atoms with Gasteiger partial charge in [0, 0.05) is 42.5 Å². The average molecular weight is 263 g/mol. The Kier molecular flexibility index (Phi) is 2.90. The summed E-state index contributed by atoms with van der Waals surface area (Å²) < 4.78 is 0. The highest BCUT2D eigenvalue weighted by Gasteiger charge is 2.32. The molecular formula is C14H21N3S. The van der Waals surface area contributed by atoms with Gasteiger partial charge in [-0.15, -0.1) is 11.3 Å². The number of rotatable bonds is 3. The van der Waals surface area contributed by atoms with E-state index in [4.69, 9.17) is 0 Å².